The highest BCUT2D eigenvalue weighted by atomic mass is 16.5. The van der Waals surface area contributed by atoms with Gasteiger partial charge < -0.3 is 9.84 Å². The number of rotatable bonds is 4. The van der Waals surface area contributed by atoms with Gasteiger partial charge in [-0.2, -0.15) is 0 Å². The number of hydrogen-bond donors (Lipinski definition) is 1. The van der Waals surface area contributed by atoms with Crippen LogP contribution < -0.4 is 0 Å². The summed E-state index contributed by atoms with van der Waals surface area (Å²) in [6.45, 7) is 11.4. The van der Waals surface area contributed by atoms with Gasteiger partial charge in [-0.05, 0) is 48.9 Å². The molecule has 2 bridgehead atoms. The van der Waals surface area contributed by atoms with E-state index in [1.165, 1.54) is 0 Å². The number of carbonyl (C=O) groups excluding carboxylic acids is 1. The average molecular weight is 350 g/mol. The van der Waals surface area contributed by atoms with Gasteiger partial charge in [0.1, 0.15) is 6.10 Å². The van der Waals surface area contributed by atoms with Crippen LogP contribution in [0.4, 0.5) is 0 Å². The Kier molecular flexibility index (Phi) is 5.42. The van der Waals surface area contributed by atoms with Crippen molar-refractivity contribution in [2.45, 2.75) is 79.8 Å². The van der Waals surface area contributed by atoms with Crippen molar-refractivity contribution >= 4 is 11.9 Å². The predicted octanol–water partition coefficient (Wildman–Crippen LogP) is 4.83. The number of fused-ring (bicyclic) bond motifs is 3. The summed E-state index contributed by atoms with van der Waals surface area (Å²) < 4.78 is 5.93. The molecule has 3 rings (SSSR count). The summed E-state index contributed by atoms with van der Waals surface area (Å²) in [5.41, 5.74) is -2.58. The summed E-state index contributed by atoms with van der Waals surface area (Å²) in [4.78, 5) is 25.6. The van der Waals surface area contributed by atoms with E-state index >= 15 is 0 Å². The summed E-state index contributed by atoms with van der Waals surface area (Å²) in [7, 11) is 0. The van der Waals surface area contributed by atoms with Crippen LogP contribution in [0.3, 0.4) is 0 Å². The van der Waals surface area contributed by atoms with Crippen LogP contribution in [0.25, 0.3) is 0 Å². The van der Waals surface area contributed by atoms with E-state index in [0.29, 0.717) is 5.92 Å². The van der Waals surface area contributed by atoms with E-state index < -0.39 is 22.8 Å². The van der Waals surface area contributed by atoms with Gasteiger partial charge in [0.25, 0.3) is 0 Å². The lowest BCUT2D eigenvalue weighted by Gasteiger charge is -2.43. The van der Waals surface area contributed by atoms with Gasteiger partial charge in [-0.3, -0.25) is 9.59 Å². The maximum absolute atomic E-state index is 13.3. The smallest absolute Gasteiger partial charge is 0.324 e. The molecule has 0 radical (unpaired) electrons. The van der Waals surface area contributed by atoms with Crippen LogP contribution in [0.2, 0.25) is 0 Å². The quantitative estimate of drug-likeness (QED) is 0.448. The number of carboxylic acid groups (broad SMARTS) is 1. The Morgan fingerprint density at radius 1 is 1.00 bits per heavy atom. The highest BCUT2D eigenvalue weighted by molar-refractivity contribution is 6.00. The topological polar surface area (TPSA) is 63.6 Å². The third kappa shape index (κ3) is 4.09. The van der Waals surface area contributed by atoms with Crippen molar-refractivity contribution in [1.82, 2.24) is 0 Å². The number of carbonyl (C=O) groups is 2. The molecule has 0 aromatic rings. The molecule has 3 aliphatic carbocycles. The van der Waals surface area contributed by atoms with Gasteiger partial charge >= 0.3 is 11.9 Å². The molecule has 4 nitrogen and oxygen atoms in total. The number of ether oxygens (including phenoxy) is 1. The van der Waals surface area contributed by atoms with E-state index in [0.717, 1.165) is 25.7 Å². The van der Waals surface area contributed by atoms with Gasteiger partial charge in [-0.1, -0.05) is 53.7 Å². The fourth-order valence-electron chi connectivity index (χ4n) is 4.35. The first-order chi connectivity index (χ1) is 11.4. The van der Waals surface area contributed by atoms with Crippen molar-refractivity contribution in [2.75, 3.05) is 0 Å². The zero-order valence-electron chi connectivity index (χ0n) is 16.6. The standard InChI is InChI=1S/C21H34O4/c1-19(2,3)13-21(17(22)23,20(4,5)6)18(24)25-16-12-9-14-7-10-15(16)11-8-14/h7,10,14-16H,8-9,11-13H2,1-6H3,(H,22,23). The van der Waals surface area contributed by atoms with Crippen molar-refractivity contribution in [3.05, 3.63) is 12.2 Å². The van der Waals surface area contributed by atoms with Crippen LogP contribution in [-0.4, -0.2) is 23.1 Å². The monoisotopic (exact) mass is 350 g/mol. The summed E-state index contributed by atoms with van der Waals surface area (Å²) in [6.07, 6.45) is 8.47. The lowest BCUT2D eigenvalue weighted by atomic mass is 9.60. The first-order valence-corrected chi connectivity index (χ1v) is 9.50. The van der Waals surface area contributed by atoms with Crippen LogP contribution in [-0.2, 0) is 14.3 Å². The first kappa shape index (κ1) is 20.0. The van der Waals surface area contributed by atoms with Crippen LogP contribution >= 0.6 is 0 Å². The molecule has 1 N–H and O–H groups in total. The Bertz CT molecular complexity index is 549. The predicted molar refractivity (Wildman–Crippen MR) is 98.1 cm³/mol. The van der Waals surface area contributed by atoms with E-state index in [4.69, 9.17) is 4.74 Å². The second-order valence-corrected chi connectivity index (χ2v) is 10.1. The summed E-state index contributed by atoms with van der Waals surface area (Å²) in [6, 6.07) is 0. The molecule has 1 saturated carbocycles. The van der Waals surface area contributed by atoms with Crippen molar-refractivity contribution < 1.29 is 19.4 Å². The molecule has 142 valence electrons. The molecular formula is C21H34O4. The van der Waals surface area contributed by atoms with Crippen molar-refractivity contribution in [2.24, 2.45) is 28.1 Å². The Labute approximate surface area is 152 Å². The van der Waals surface area contributed by atoms with E-state index in [9.17, 15) is 14.7 Å². The number of aliphatic carboxylic acids is 1. The zero-order chi connectivity index (χ0) is 19.0. The number of esters is 1. The van der Waals surface area contributed by atoms with Crippen molar-refractivity contribution in [3.8, 4) is 0 Å². The van der Waals surface area contributed by atoms with Crippen molar-refractivity contribution in [3.63, 3.8) is 0 Å². The van der Waals surface area contributed by atoms with E-state index in [1.54, 1.807) is 0 Å². The summed E-state index contributed by atoms with van der Waals surface area (Å²) in [5.74, 6) is -0.829. The van der Waals surface area contributed by atoms with Gasteiger partial charge in [0.2, 0.25) is 0 Å². The fraction of sp³-hybridized carbons (Fsp3) is 0.810. The second-order valence-electron chi connectivity index (χ2n) is 10.1. The van der Waals surface area contributed by atoms with Gasteiger partial charge in [0, 0.05) is 5.92 Å². The van der Waals surface area contributed by atoms with Crippen molar-refractivity contribution in [1.29, 1.82) is 0 Å². The molecule has 1 fully saturated rings. The third-order valence-electron chi connectivity index (χ3n) is 5.85. The second kappa shape index (κ2) is 6.77. The maximum atomic E-state index is 13.3. The third-order valence-corrected chi connectivity index (χ3v) is 5.85. The molecule has 4 unspecified atom stereocenters. The zero-order valence-corrected chi connectivity index (χ0v) is 16.6. The molecule has 0 spiro atoms. The van der Waals surface area contributed by atoms with E-state index in [1.807, 2.05) is 41.5 Å². The number of hydrogen-bond acceptors (Lipinski definition) is 3. The van der Waals surface area contributed by atoms with Crippen LogP contribution in [0.5, 0.6) is 0 Å². The SMILES string of the molecule is CC(C)(C)CC(C(=O)O)(C(=O)OC1CCC2C=CC1CC2)C(C)(C)C. The molecule has 0 heterocycles. The molecule has 25 heavy (non-hydrogen) atoms. The van der Waals surface area contributed by atoms with E-state index in [-0.39, 0.29) is 23.9 Å². The Hall–Kier alpha value is -1.32. The highest BCUT2D eigenvalue weighted by Gasteiger charge is 2.58. The molecule has 0 aromatic carbocycles. The van der Waals surface area contributed by atoms with Gasteiger partial charge in [0.05, 0.1) is 0 Å². The number of carboxylic acids is 1. The van der Waals surface area contributed by atoms with Crippen LogP contribution in [0, 0.1) is 28.1 Å². The summed E-state index contributed by atoms with van der Waals surface area (Å²) >= 11 is 0. The Morgan fingerprint density at radius 3 is 2.04 bits per heavy atom. The van der Waals surface area contributed by atoms with Gasteiger partial charge in [0.15, 0.2) is 5.41 Å². The molecule has 0 saturated heterocycles. The molecule has 0 amide bonds. The molecule has 4 heteroatoms. The van der Waals surface area contributed by atoms with Gasteiger partial charge in [-0.25, -0.2) is 0 Å². The molecular weight excluding hydrogens is 316 g/mol. The maximum Gasteiger partial charge on any atom is 0.324 e. The Balaban J connectivity index is 2.32. The fourth-order valence-corrected chi connectivity index (χ4v) is 4.35. The highest BCUT2D eigenvalue weighted by Crippen LogP contribution is 2.49. The first-order valence-electron chi connectivity index (χ1n) is 9.50. The normalized spacial score (nSPS) is 29.0. The molecule has 3 aliphatic rings. The molecule has 0 aliphatic heterocycles. The minimum absolute atomic E-state index is 0.197. The van der Waals surface area contributed by atoms with Crippen LogP contribution in [0.1, 0.15) is 73.6 Å². The van der Waals surface area contributed by atoms with E-state index in [2.05, 4.69) is 12.2 Å². The lowest BCUT2D eigenvalue weighted by molar-refractivity contribution is -0.186. The summed E-state index contributed by atoms with van der Waals surface area (Å²) in [5, 5.41) is 10.1. The molecule has 0 aromatic heterocycles. The molecule has 4 atom stereocenters. The average Bonchev–Trinajstić information content (AvgIpc) is 2.76. The number of allylic oxidation sites excluding steroid dienone is 1. The largest absolute Gasteiger partial charge is 0.480 e. The Morgan fingerprint density at radius 2 is 1.60 bits per heavy atom. The minimum Gasteiger partial charge on any atom is -0.480 e. The van der Waals surface area contributed by atoms with Crippen LogP contribution in [0.15, 0.2) is 12.2 Å². The lowest BCUT2D eigenvalue weighted by Crippen LogP contribution is -2.53. The van der Waals surface area contributed by atoms with Gasteiger partial charge in [-0.15, -0.1) is 0 Å². The minimum atomic E-state index is -1.54.